The van der Waals surface area contributed by atoms with E-state index in [4.69, 9.17) is 24.1 Å². The molecule has 0 aromatic rings. The van der Waals surface area contributed by atoms with Gasteiger partial charge in [0.1, 0.15) is 0 Å². The lowest BCUT2D eigenvalue weighted by atomic mass is 10.3. The van der Waals surface area contributed by atoms with Crippen molar-refractivity contribution in [2.75, 3.05) is 59.4 Å². The van der Waals surface area contributed by atoms with Crippen LogP contribution in [0.3, 0.4) is 0 Å². The van der Waals surface area contributed by atoms with Crippen LogP contribution in [0.4, 0.5) is 0 Å². The van der Waals surface area contributed by atoms with Gasteiger partial charge >= 0.3 is 5.97 Å². The second kappa shape index (κ2) is 20.1. The highest BCUT2D eigenvalue weighted by Crippen LogP contribution is 1.94. The number of carbonyl (C=O) groups is 2. The van der Waals surface area contributed by atoms with Crippen molar-refractivity contribution in [3.63, 3.8) is 0 Å². The van der Waals surface area contributed by atoms with Gasteiger partial charge in [-0.2, -0.15) is 0 Å². The van der Waals surface area contributed by atoms with E-state index in [0.717, 1.165) is 13.0 Å². The summed E-state index contributed by atoms with van der Waals surface area (Å²) >= 11 is 0. The summed E-state index contributed by atoms with van der Waals surface area (Å²) in [6, 6.07) is 0. The van der Waals surface area contributed by atoms with Gasteiger partial charge in [-0.25, -0.2) is 0 Å². The molecule has 26 heavy (non-hydrogen) atoms. The highest BCUT2D eigenvalue weighted by atomic mass is 16.6. The van der Waals surface area contributed by atoms with E-state index in [-0.39, 0.29) is 18.7 Å². The molecule has 0 spiro atoms. The number of hydrogen-bond donors (Lipinski definition) is 2. The van der Waals surface area contributed by atoms with Crippen molar-refractivity contribution in [3.8, 4) is 0 Å². The number of carbonyl (C=O) groups excluding carboxylic acids is 1. The van der Waals surface area contributed by atoms with Gasteiger partial charge < -0.3 is 29.4 Å². The van der Waals surface area contributed by atoms with Crippen molar-refractivity contribution in [3.05, 3.63) is 0 Å². The fourth-order valence-electron chi connectivity index (χ4n) is 1.93. The minimum Gasteiger partial charge on any atom is -0.481 e. The monoisotopic (exact) mass is 377 g/mol. The quantitative estimate of drug-likeness (QED) is 0.311. The first-order valence-electron chi connectivity index (χ1n) is 9.46. The highest BCUT2D eigenvalue weighted by molar-refractivity contribution is 5.80. The van der Waals surface area contributed by atoms with Crippen LogP contribution in [0.15, 0.2) is 0 Å². The predicted molar refractivity (Wildman–Crippen MR) is 97.3 cm³/mol. The molecule has 0 aromatic carbocycles. The van der Waals surface area contributed by atoms with Crippen LogP contribution in [-0.2, 0) is 28.5 Å². The Hall–Kier alpha value is -1.22. The van der Waals surface area contributed by atoms with E-state index in [2.05, 4.69) is 12.2 Å². The Labute approximate surface area is 156 Å². The third-order valence-electron chi connectivity index (χ3n) is 3.36. The first kappa shape index (κ1) is 24.8. The third kappa shape index (κ3) is 20.8. The van der Waals surface area contributed by atoms with Crippen molar-refractivity contribution in [1.29, 1.82) is 0 Å². The average Bonchev–Trinajstić information content (AvgIpc) is 2.62. The minimum atomic E-state index is -0.968. The van der Waals surface area contributed by atoms with Crippen LogP contribution in [0, 0.1) is 0 Å². The van der Waals surface area contributed by atoms with Gasteiger partial charge in [0.15, 0.2) is 0 Å². The first-order chi connectivity index (χ1) is 12.7. The van der Waals surface area contributed by atoms with E-state index < -0.39 is 5.97 Å². The van der Waals surface area contributed by atoms with E-state index in [1.807, 2.05) is 0 Å². The van der Waals surface area contributed by atoms with Crippen molar-refractivity contribution < 1.29 is 33.6 Å². The maximum atomic E-state index is 11.3. The summed E-state index contributed by atoms with van der Waals surface area (Å²) in [4.78, 5) is 21.6. The van der Waals surface area contributed by atoms with Crippen LogP contribution in [0.25, 0.3) is 0 Å². The first-order valence-corrected chi connectivity index (χ1v) is 9.46. The molecule has 0 aliphatic carbocycles. The number of carboxylic acids is 1. The van der Waals surface area contributed by atoms with E-state index in [1.165, 1.54) is 12.8 Å². The number of ether oxygens (including phenoxy) is 4. The van der Waals surface area contributed by atoms with Gasteiger partial charge in [0.05, 0.1) is 46.1 Å². The average molecular weight is 377 g/mol. The second-order valence-corrected chi connectivity index (χ2v) is 5.75. The summed E-state index contributed by atoms with van der Waals surface area (Å²) in [5.74, 6) is -1.22. The largest absolute Gasteiger partial charge is 0.481 e. The van der Waals surface area contributed by atoms with Crippen molar-refractivity contribution in [1.82, 2.24) is 5.32 Å². The molecule has 0 saturated carbocycles. The Kier molecular flexibility index (Phi) is 19.2. The molecule has 154 valence electrons. The van der Waals surface area contributed by atoms with Crippen LogP contribution in [0.1, 0.15) is 45.4 Å². The Balaban J connectivity index is 3.09. The van der Waals surface area contributed by atoms with Crippen molar-refractivity contribution in [2.24, 2.45) is 0 Å². The number of hydrogen-bond acceptors (Lipinski definition) is 6. The Morgan fingerprint density at radius 2 is 1.23 bits per heavy atom. The van der Waals surface area contributed by atoms with Gasteiger partial charge in [0.2, 0.25) is 5.91 Å². The molecule has 0 bridgehead atoms. The van der Waals surface area contributed by atoms with Gasteiger partial charge in [-0.15, -0.1) is 0 Å². The maximum absolute atomic E-state index is 11.3. The zero-order valence-electron chi connectivity index (χ0n) is 16.0. The van der Waals surface area contributed by atoms with Crippen LogP contribution in [0.2, 0.25) is 0 Å². The van der Waals surface area contributed by atoms with Crippen molar-refractivity contribution in [2.45, 2.75) is 45.4 Å². The Morgan fingerprint density at radius 3 is 1.73 bits per heavy atom. The smallest absolute Gasteiger partial charge is 0.303 e. The summed E-state index contributed by atoms with van der Waals surface area (Å²) < 4.78 is 21.6. The molecule has 0 fully saturated rings. The Morgan fingerprint density at radius 1 is 0.731 bits per heavy atom. The lowest BCUT2D eigenvalue weighted by Gasteiger charge is -2.08. The van der Waals surface area contributed by atoms with E-state index in [9.17, 15) is 9.59 Å². The van der Waals surface area contributed by atoms with Crippen LogP contribution in [0.5, 0.6) is 0 Å². The molecule has 0 aliphatic rings. The molecule has 8 nitrogen and oxygen atoms in total. The molecule has 0 atom stereocenters. The van der Waals surface area contributed by atoms with Gasteiger partial charge in [0.25, 0.3) is 0 Å². The third-order valence-corrected chi connectivity index (χ3v) is 3.36. The van der Waals surface area contributed by atoms with Gasteiger partial charge in [-0.3, -0.25) is 9.59 Å². The highest BCUT2D eigenvalue weighted by Gasteiger charge is 2.04. The molecule has 0 unspecified atom stereocenters. The number of unbranched alkanes of at least 4 members (excludes halogenated alkanes) is 2. The zero-order chi connectivity index (χ0) is 19.3. The van der Waals surface area contributed by atoms with Crippen LogP contribution < -0.4 is 5.32 Å². The lowest BCUT2D eigenvalue weighted by molar-refractivity contribution is -0.138. The standard InChI is InChI=1S/C18H35NO7/c1-2-3-4-9-23-11-13-25-15-16-26-14-12-24-10-5-8-19-17(20)6-7-18(21)22/h2-16H2,1H3,(H,19,20)(H,21,22). The molecule has 0 aromatic heterocycles. The molecule has 0 radical (unpaired) electrons. The molecule has 8 heteroatoms. The van der Waals surface area contributed by atoms with Crippen LogP contribution >= 0.6 is 0 Å². The van der Waals surface area contributed by atoms with Gasteiger partial charge in [0, 0.05) is 26.2 Å². The van der Waals surface area contributed by atoms with E-state index >= 15 is 0 Å². The zero-order valence-corrected chi connectivity index (χ0v) is 16.0. The molecule has 1 amide bonds. The molecule has 0 saturated heterocycles. The SMILES string of the molecule is CCCCCOCCOCCOCCOCCCNC(=O)CCC(=O)O. The molecule has 0 heterocycles. The topological polar surface area (TPSA) is 103 Å². The molecular weight excluding hydrogens is 342 g/mol. The fraction of sp³-hybridized carbons (Fsp3) is 0.889. The number of rotatable bonds is 20. The molecule has 0 rings (SSSR count). The molecular formula is C18H35NO7. The summed E-state index contributed by atoms with van der Waals surface area (Å²) in [7, 11) is 0. The normalized spacial score (nSPS) is 10.8. The number of nitrogens with one attached hydrogen (secondary N) is 1. The summed E-state index contributed by atoms with van der Waals surface area (Å²) in [5, 5.41) is 11.1. The summed E-state index contributed by atoms with van der Waals surface area (Å²) in [6.07, 6.45) is 4.06. The number of amides is 1. The minimum absolute atomic E-state index is 0.0110. The fourth-order valence-corrected chi connectivity index (χ4v) is 1.93. The number of aliphatic carboxylic acids is 1. The van der Waals surface area contributed by atoms with Gasteiger partial charge in [-0.1, -0.05) is 19.8 Å². The van der Waals surface area contributed by atoms with Crippen molar-refractivity contribution >= 4 is 11.9 Å². The summed E-state index contributed by atoms with van der Waals surface area (Å²) in [5.41, 5.74) is 0. The summed E-state index contributed by atoms with van der Waals surface area (Å²) in [6.45, 7) is 7.25. The Bertz CT molecular complexity index is 340. The molecule has 0 aliphatic heterocycles. The molecule has 2 N–H and O–H groups in total. The van der Waals surface area contributed by atoms with Crippen LogP contribution in [-0.4, -0.2) is 76.4 Å². The second-order valence-electron chi connectivity index (χ2n) is 5.75. The maximum Gasteiger partial charge on any atom is 0.303 e. The van der Waals surface area contributed by atoms with Gasteiger partial charge in [-0.05, 0) is 12.8 Å². The lowest BCUT2D eigenvalue weighted by Crippen LogP contribution is -2.25. The number of carboxylic acid groups (broad SMARTS) is 1. The predicted octanol–water partition coefficient (Wildman–Crippen LogP) is 1.61. The van der Waals surface area contributed by atoms with E-state index in [1.54, 1.807) is 0 Å². The van der Waals surface area contributed by atoms with E-state index in [0.29, 0.717) is 59.2 Å².